The summed E-state index contributed by atoms with van der Waals surface area (Å²) in [4.78, 5) is 13.3. The van der Waals surface area contributed by atoms with Crippen LogP contribution < -0.4 is 10.3 Å². The molecule has 0 unspecified atom stereocenters. The molecule has 0 aromatic heterocycles. The summed E-state index contributed by atoms with van der Waals surface area (Å²) in [5, 5.41) is 0.321. The topological polar surface area (TPSA) is 75.3 Å². The molecular weight excluding hydrogens is 264 g/mol. The van der Waals surface area contributed by atoms with E-state index >= 15 is 0 Å². The van der Waals surface area contributed by atoms with Crippen molar-refractivity contribution in [3.05, 3.63) is 29.3 Å². The van der Waals surface area contributed by atoms with Crippen LogP contribution >= 0.6 is 11.6 Å². The molecule has 1 aromatic rings. The number of sulfonamides is 1. The Morgan fingerprint density at radius 1 is 1.35 bits per heavy atom. The number of rotatable bonds is 4. The summed E-state index contributed by atoms with van der Waals surface area (Å²) in [7, 11) is -3.75. The van der Waals surface area contributed by atoms with Crippen LogP contribution in [0.1, 0.15) is 12.8 Å². The smallest absolute Gasteiger partial charge is 0.257 e. The molecule has 92 valence electrons. The van der Waals surface area contributed by atoms with E-state index in [9.17, 15) is 13.2 Å². The van der Waals surface area contributed by atoms with E-state index in [0.717, 1.165) is 12.8 Å². The predicted octanol–water partition coefficient (Wildman–Crippen LogP) is 1.06. The van der Waals surface area contributed by atoms with Gasteiger partial charge in [-0.25, -0.2) is 8.42 Å². The Morgan fingerprint density at radius 3 is 2.65 bits per heavy atom. The minimum atomic E-state index is -3.75. The molecular formula is C10H11ClN2O3S. The number of nitrogens with one attached hydrogen (secondary N) is 2. The number of benzene rings is 1. The number of amides is 1. The average Bonchev–Trinajstić information content (AvgIpc) is 3.10. The summed E-state index contributed by atoms with van der Waals surface area (Å²) in [5.74, 6) is -0.354. The van der Waals surface area contributed by atoms with Crippen LogP contribution in [0.2, 0.25) is 5.02 Å². The summed E-state index contributed by atoms with van der Waals surface area (Å²) in [6.07, 6.45) is 1.62. The van der Waals surface area contributed by atoms with Crippen LogP contribution in [0.5, 0.6) is 0 Å². The zero-order valence-electron chi connectivity index (χ0n) is 8.81. The van der Waals surface area contributed by atoms with Crippen molar-refractivity contribution in [2.45, 2.75) is 17.7 Å². The van der Waals surface area contributed by atoms with Gasteiger partial charge in [0.05, 0.1) is 4.90 Å². The van der Waals surface area contributed by atoms with Gasteiger partial charge in [0.2, 0.25) is 5.91 Å². The van der Waals surface area contributed by atoms with Gasteiger partial charge in [-0.2, -0.15) is 0 Å². The molecule has 0 spiro atoms. The average molecular weight is 275 g/mol. The second-order valence-corrected chi connectivity index (χ2v) is 5.95. The van der Waals surface area contributed by atoms with Crippen LogP contribution in [0.15, 0.2) is 29.2 Å². The molecule has 2 N–H and O–H groups in total. The van der Waals surface area contributed by atoms with E-state index in [1.54, 1.807) is 6.07 Å². The first-order chi connectivity index (χ1) is 7.99. The molecule has 0 heterocycles. The maximum atomic E-state index is 11.7. The third kappa shape index (κ3) is 3.18. The van der Waals surface area contributed by atoms with Gasteiger partial charge in [0.15, 0.2) is 0 Å². The highest BCUT2D eigenvalue weighted by Gasteiger charge is 2.30. The number of carbonyl (C=O) groups is 1. The van der Waals surface area contributed by atoms with Crippen LogP contribution in [0.3, 0.4) is 0 Å². The third-order valence-electron chi connectivity index (χ3n) is 2.36. The van der Waals surface area contributed by atoms with Crippen LogP contribution in [0.25, 0.3) is 0 Å². The van der Waals surface area contributed by atoms with Crippen molar-refractivity contribution in [1.82, 2.24) is 10.3 Å². The lowest BCUT2D eigenvalue weighted by Crippen LogP contribution is -2.42. The van der Waals surface area contributed by atoms with Gasteiger partial charge in [0, 0.05) is 10.9 Å². The van der Waals surface area contributed by atoms with Crippen molar-refractivity contribution < 1.29 is 13.2 Å². The Labute approximate surface area is 104 Å². The minimum absolute atomic E-state index is 0.0149. The van der Waals surface area contributed by atoms with Crippen molar-refractivity contribution in [2.24, 2.45) is 5.92 Å². The highest BCUT2D eigenvalue weighted by Crippen LogP contribution is 2.28. The van der Waals surface area contributed by atoms with E-state index < -0.39 is 10.0 Å². The van der Waals surface area contributed by atoms with Gasteiger partial charge >= 0.3 is 0 Å². The van der Waals surface area contributed by atoms with Crippen LogP contribution in [-0.2, 0) is 14.8 Å². The molecule has 7 heteroatoms. The van der Waals surface area contributed by atoms with E-state index in [1.165, 1.54) is 18.2 Å². The fourth-order valence-corrected chi connectivity index (χ4v) is 2.41. The molecule has 0 radical (unpaired) electrons. The Hall–Kier alpha value is -1.11. The van der Waals surface area contributed by atoms with Gasteiger partial charge in [0.25, 0.3) is 10.0 Å². The Bertz CT molecular complexity index is 540. The van der Waals surface area contributed by atoms with E-state index in [-0.39, 0.29) is 16.7 Å². The first-order valence-corrected chi connectivity index (χ1v) is 6.92. The minimum Gasteiger partial charge on any atom is -0.277 e. The fraction of sp³-hybridized carbons (Fsp3) is 0.300. The zero-order valence-corrected chi connectivity index (χ0v) is 10.4. The quantitative estimate of drug-likeness (QED) is 0.806. The van der Waals surface area contributed by atoms with Crippen molar-refractivity contribution >= 4 is 27.5 Å². The Kier molecular flexibility index (Phi) is 3.37. The SMILES string of the molecule is O=C(NNS(=O)(=O)c1cccc(Cl)c1)C1CC1. The van der Waals surface area contributed by atoms with Gasteiger partial charge in [-0.1, -0.05) is 17.7 Å². The zero-order chi connectivity index (χ0) is 12.5. The molecule has 1 saturated carbocycles. The Morgan fingerprint density at radius 2 is 2.06 bits per heavy atom. The maximum absolute atomic E-state index is 11.7. The second kappa shape index (κ2) is 4.64. The summed E-state index contributed by atoms with van der Waals surface area (Å²) in [6.45, 7) is 0. The van der Waals surface area contributed by atoms with E-state index in [0.29, 0.717) is 5.02 Å². The molecule has 5 nitrogen and oxygen atoms in total. The molecule has 1 aliphatic carbocycles. The van der Waals surface area contributed by atoms with E-state index in [4.69, 9.17) is 11.6 Å². The lowest BCUT2D eigenvalue weighted by Gasteiger charge is -2.07. The Balaban J connectivity index is 2.05. The predicted molar refractivity (Wildman–Crippen MR) is 62.6 cm³/mol. The summed E-state index contributed by atoms with van der Waals surface area (Å²) in [6, 6.07) is 5.81. The molecule has 1 fully saturated rings. The van der Waals surface area contributed by atoms with Gasteiger partial charge in [0.1, 0.15) is 0 Å². The monoisotopic (exact) mass is 274 g/mol. The van der Waals surface area contributed by atoms with Gasteiger partial charge < -0.3 is 0 Å². The summed E-state index contributed by atoms with van der Waals surface area (Å²) < 4.78 is 23.5. The summed E-state index contributed by atoms with van der Waals surface area (Å²) >= 11 is 5.69. The number of hydrogen-bond acceptors (Lipinski definition) is 3. The van der Waals surface area contributed by atoms with Crippen molar-refractivity contribution in [3.8, 4) is 0 Å². The van der Waals surface area contributed by atoms with Crippen LogP contribution in [0, 0.1) is 5.92 Å². The summed E-state index contributed by atoms with van der Waals surface area (Å²) in [5.41, 5.74) is 2.18. The fourth-order valence-electron chi connectivity index (χ4n) is 1.26. The normalized spacial score (nSPS) is 15.6. The number of hydrogen-bond donors (Lipinski definition) is 2. The lowest BCUT2D eigenvalue weighted by molar-refractivity contribution is -0.122. The maximum Gasteiger partial charge on any atom is 0.257 e. The lowest BCUT2D eigenvalue weighted by atomic mass is 10.4. The van der Waals surface area contributed by atoms with Crippen molar-refractivity contribution in [2.75, 3.05) is 0 Å². The van der Waals surface area contributed by atoms with Crippen LogP contribution in [0.4, 0.5) is 0 Å². The van der Waals surface area contributed by atoms with Crippen molar-refractivity contribution in [3.63, 3.8) is 0 Å². The molecule has 1 aromatic carbocycles. The molecule has 0 atom stereocenters. The van der Waals surface area contributed by atoms with Gasteiger partial charge in [-0.15, -0.1) is 4.83 Å². The number of hydrazine groups is 1. The highest BCUT2D eigenvalue weighted by atomic mass is 35.5. The first kappa shape index (κ1) is 12.3. The molecule has 0 saturated heterocycles. The molecule has 0 aliphatic heterocycles. The van der Waals surface area contributed by atoms with Gasteiger partial charge in [-0.05, 0) is 31.0 Å². The standard InChI is InChI=1S/C10H11ClN2O3S/c11-8-2-1-3-9(6-8)17(15,16)13-12-10(14)7-4-5-7/h1-3,6-7,13H,4-5H2,(H,12,14). The molecule has 1 amide bonds. The van der Waals surface area contributed by atoms with Crippen LogP contribution in [-0.4, -0.2) is 14.3 Å². The molecule has 2 rings (SSSR count). The van der Waals surface area contributed by atoms with Gasteiger partial charge in [-0.3, -0.25) is 10.2 Å². The number of carbonyl (C=O) groups excluding carboxylic acids is 1. The molecule has 17 heavy (non-hydrogen) atoms. The van der Waals surface area contributed by atoms with E-state index in [1.807, 2.05) is 4.83 Å². The molecule has 1 aliphatic rings. The first-order valence-electron chi connectivity index (χ1n) is 5.06. The third-order valence-corrected chi connectivity index (χ3v) is 3.84. The number of halogens is 1. The van der Waals surface area contributed by atoms with E-state index in [2.05, 4.69) is 5.43 Å². The van der Waals surface area contributed by atoms with Crippen molar-refractivity contribution in [1.29, 1.82) is 0 Å². The largest absolute Gasteiger partial charge is 0.277 e. The highest BCUT2D eigenvalue weighted by molar-refractivity contribution is 7.89. The second-order valence-electron chi connectivity index (χ2n) is 3.83. The molecule has 0 bridgehead atoms.